The molecule has 0 amide bonds. The molecule has 1 aliphatic carbocycles. The van der Waals surface area contributed by atoms with Gasteiger partial charge in [0.15, 0.2) is 0 Å². The second-order valence-corrected chi connectivity index (χ2v) is 13.4. The molecule has 45 heavy (non-hydrogen) atoms. The average Bonchev–Trinajstić information content (AvgIpc) is 3.36. The maximum Gasteiger partial charge on any atom is 0.248 e. The zero-order valence-electron chi connectivity index (χ0n) is 27.5. The summed E-state index contributed by atoms with van der Waals surface area (Å²) in [6.07, 6.45) is 5.32. The molecule has 1 aromatic heterocycles. The number of allylic oxidation sites excluding steroid dienone is 1. The van der Waals surface area contributed by atoms with Gasteiger partial charge >= 0.3 is 0 Å². The van der Waals surface area contributed by atoms with Gasteiger partial charge in [-0.15, -0.1) is 0 Å². The van der Waals surface area contributed by atoms with Crippen molar-refractivity contribution < 1.29 is 13.2 Å². The molecule has 6 rings (SSSR count). The molecular formula is C39H48F3N3. The Morgan fingerprint density at radius 3 is 2.33 bits per heavy atom. The number of likely N-dealkylation sites (tertiary alicyclic amines) is 1. The number of para-hydroxylation sites is 2. The number of nitrogens with zero attached hydrogens (tertiary/aromatic N) is 3. The average molecular weight is 616 g/mol. The fourth-order valence-corrected chi connectivity index (χ4v) is 6.64. The minimum Gasteiger partial charge on any atom is -0.327 e. The largest absolute Gasteiger partial charge is 0.327 e. The van der Waals surface area contributed by atoms with Crippen LogP contribution in [0.3, 0.4) is 0 Å². The predicted octanol–water partition coefficient (Wildman–Crippen LogP) is 10.4. The zero-order valence-corrected chi connectivity index (χ0v) is 27.5. The summed E-state index contributed by atoms with van der Waals surface area (Å²) < 4.78 is 43.2. The summed E-state index contributed by atoms with van der Waals surface area (Å²) in [6.45, 7) is 14.2. The summed E-state index contributed by atoms with van der Waals surface area (Å²) in [5, 5.41) is 0. The molecule has 1 saturated heterocycles. The molecular weight excluding hydrogens is 567 g/mol. The van der Waals surface area contributed by atoms with Crippen molar-refractivity contribution in [3.8, 4) is 0 Å². The number of aromatic nitrogens is 2. The van der Waals surface area contributed by atoms with Gasteiger partial charge in [-0.3, -0.25) is 4.90 Å². The second-order valence-electron chi connectivity index (χ2n) is 13.4. The Morgan fingerprint density at radius 2 is 1.71 bits per heavy atom. The number of benzene rings is 3. The number of hydrogen-bond acceptors (Lipinski definition) is 2. The molecule has 3 nitrogen and oxygen atoms in total. The van der Waals surface area contributed by atoms with Crippen LogP contribution in [-0.2, 0) is 13.1 Å². The van der Waals surface area contributed by atoms with Crippen molar-refractivity contribution >= 4 is 16.6 Å². The first-order valence-corrected chi connectivity index (χ1v) is 16.6. The van der Waals surface area contributed by atoms with E-state index in [1.165, 1.54) is 23.6 Å². The van der Waals surface area contributed by atoms with Gasteiger partial charge in [-0.1, -0.05) is 75.7 Å². The van der Waals surface area contributed by atoms with E-state index in [1.807, 2.05) is 37.3 Å². The SMILES string of the molecule is C/C=C(/c1cccc(F)c1)c1ccc(CN2CCC(c3nc4ccccc4n3CC3CC(F)(F)C3)CC2)cc1C.CCC(C)C. The molecule has 3 aromatic carbocycles. The predicted molar refractivity (Wildman–Crippen MR) is 180 cm³/mol. The molecule has 2 aliphatic rings. The normalized spacial score (nSPS) is 17.8. The molecule has 0 atom stereocenters. The van der Waals surface area contributed by atoms with Gasteiger partial charge in [0.2, 0.25) is 5.92 Å². The minimum absolute atomic E-state index is 0.0154. The minimum atomic E-state index is -2.50. The van der Waals surface area contributed by atoms with Crippen LogP contribution in [0.2, 0.25) is 0 Å². The van der Waals surface area contributed by atoms with Crippen LogP contribution >= 0.6 is 0 Å². The van der Waals surface area contributed by atoms with Gasteiger partial charge in [-0.05, 0) is 104 Å². The molecule has 1 saturated carbocycles. The smallest absolute Gasteiger partial charge is 0.248 e. The third-order valence-corrected chi connectivity index (χ3v) is 9.48. The molecule has 2 fully saturated rings. The molecule has 0 bridgehead atoms. The van der Waals surface area contributed by atoms with Crippen LogP contribution in [-0.4, -0.2) is 33.5 Å². The number of imidazole rings is 1. The maximum atomic E-state index is 13.9. The summed E-state index contributed by atoms with van der Waals surface area (Å²) in [5.74, 6) is -0.438. The van der Waals surface area contributed by atoms with Crippen molar-refractivity contribution in [3.05, 3.63) is 107 Å². The fraction of sp³-hybridized carbons (Fsp3) is 0.462. The van der Waals surface area contributed by atoms with E-state index in [-0.39, 0.29) is 24.6 Å². The fourth-order valence-electron chi connectivity index (χ4n) is 6.64. The van der Waals surface area contributed by atoms with Gasteiger partial charge in [0, 0.05) is 31.8 Å². The Bertz CT molecular complexity index is 1600. The lowest BCUT2D eigenvalue weighted by molar-refractivity contribution is -0.114. The van der Waals surface area contributed by atoms with Gasteiger partial charge in [0.05, 0.1) is 11.0 Å². The number of hydrogen-bond donors (Lipinski definition) is 0. The van der Waals surface area contributed by atoms with Crippen LogP contribution in [0.4, 0.5) is 13.2 Å². The van der Waals surface area contributed by atoms with E-state index in [2.05, 4.69) is 61.4 Å². The lowest BCUT2D eigenvalue weighted by Crippen LogP contribution is -2.38. The third-order valence-electron chi connectivity index (χ3n) is 9.48. The van der Waals surface area contributed by atoms with Crippen LogP contribution < -0.4 is 0 Å². The lowest BCUT2D eigenvalue weighted by atomic mass is 9.81. The van der Waals surface area contributed by atoms with E-state index in [0.29, 0.717) is 12.5 Å². The Labute approximate surface area is 267 Å². The summed E-state index contributed by atoms with van der Waals surface area (Å²) >= 11 is 0. The second kappa shape index (κ2) is 14.4. The van der Waals surface area contributed by atoms with Crippen LogP contribution in [0, 0.1) is 24.6 Å². The number of piperidine rings is 1. The van der Waals surface area contributed by atoms with Crippen LogP contribution in [0.5, 0.6) is 0 Å². The number of aryl methyl sites for hydroxylation is 1. The van der Waals surface area contributed by atoms with E-state index >= 15 is 0 Å². The molecule has 0 unspecified atom stereocenters. The van der Waals surface area contributed by atoms with Crippen LogP contribution in [0.1, 0.15) is 93.8 Å². The quantitative estimate of drug-likeness (QED) is 0.197. The first-order valence-electron chi connectivity index (χ1n) is 16.6. The summed E-state index contributed by atoms with van der Waals surface area (Å²) in [5.41, 5.74) is 7.52. The Morgan fingerprint density at radius 1 is 1.00 bits per heavy atom. The van der Waals surface area contributed by atoms with Crippen LogP contribution in [0.25, 0.3) is 16.6 Å². The van der Waals surface area contributed by atoms with Crippen molar-refractivity contribution in [2.45, 2.75) is 91.7 Å². The zero-order chi connectivity index (χ0) is 32.1. The molecule has 0 radical (unpaired) electrons. The standard InChI is InChI=1S/C34H36F3N3.C5H12/c1-3-29(27-7-6-8-28(35)18-27)30-12-11-24(17-23(30)2)21-39-15-13-26(14-16-39)33-38-31-9-4-5-10-32(31)40(33)22-25-19-34(36,37)20-25;1-4-5(2)3/h3-12,17-18,25-26H,13-16,19-22H2,1-2H3;5H,4H2,1-3H3/b29-3-;. The van der Waals surface area contributed by atoms with E-state index in [1.54, 1.807) is 12.1 Å². The highest BCUT2D eigenvalue weighted by Gasteiger charge is 2.45. The Kier molecular flexibility index (Phi) is 10.5. The first-order chi connectivity index (χ1) is 21.6. The van der Waals surface area contributed by atoms with Crippen molar-refractivity contribution in [2.75, 3.05) is 13.1 Å². The molecule has 240 valence electrons. The number of fused-ring (bicyclic) bond motifs is 1. The van der Waals surface area contributed by atoms with Gasteiger partial charge in [-0.25, -0.2) is 18.2 Å². The summed E-state index contributed by atoms with van der Waals surface area (Å²) in [7, 11) is 0. The Balaban J connectivity index is 0.000000743. The summed E-state index contributed by atoms with van der Waals surface area (Å²) in [6, 6.07) is 21.4. The number of alkyl halides is 2. The lowest BCUT2D eigenvalue weighted by Gasteiger charge is -2.36. The number of halogens is 3. The van der Waals surface area contributed by atoms with Crippen molar-refractivity contribution in [1.82, 2.24) is 14.5 Å². The molecule has 1 aliphatic heterocycles. The highest BCUT2D eigenvalue weighted by molar-refractivity contribution is 5.81. The molecule has 0 N–H and O–H groups in total. The first kappa shape index (κ1) is 33.0. The van der Waals surface area contributed by atoms with Gasteiger partial charge in [-0.2, -0.15) is 0 Å². The number of rotatable bonds is 8. The topological polar surface area (TPSA) is 21.1 Å². The van der Waals surface area contributed by atoms with Gasteiger partial charge in [0.25, 0.3) is 0 Å². The van der Waals surface area contributed by atoms with Crippen molar-refractivity contribution in [1.29, 1.82) is 0 Å². The van der Waals surface area contributed by atoms with Crippen molar-refractivity contribution in [3.63, 3.8) is 0 Å². The Hall–Kier alpha value is -3.38. The van der Waals surface area contributed by atoms with E-state index in [0.717, 1.165) is 72.0 Å². The maximum absolute atomic E-state index is 13.9. The molecule has 6 heteroatoms. The molecule has 4 aromatic rings. The molecule has 2 heterocycles. The summed E-state index contributed by atoms with van der Waals surface area (Å²) in [4.78, 5) is 7.49. The third kappa shape index (κ3) is 8.07. The van der Waals surface area contributed by atoms with E-state index in [4.69, 9.17) is 4.98 Å². The van der Waals surface area contributed by atoms with Crippen molar-refractivity contribution in [2.24, 2.45) is 11.8 Å². The molecule has 0 spiro atoms. The van der Waals surface area contributed by atoms with Gasteiger partial charge < -0.3 is 4.57 Å². The highest BCUT2D eigenvalue weighted by Crippen LogP contribution is 2.44. The van der Waals surface area contributed by atoms with Crippen LogP contribution in [0.15, 0.2) is 72.8 Å². The highest BCUT2D eigenvalue weighted by atomic mass is 19.3. The monoisotopic (exact) mass is 615 g/mol. The van der Waals surface area contributed by atoms with Gasteiger partial charge in [0.1, 0.15) is 11.6 Å². The van der Waals surface area contributed by atoms with E-state index in [9.17, 15) is 13.2 Å². The van der Waals surface area contributed by atoms with E-state index < -0.39 is 5.92 Å².